The van der Waals surface area contributed by atoms with Gasteiger partial charge in [0.1, 0.15) is 6.04 Å². The number of aromatic nitrogens is 1. The number of carbonyl (C=O) groups is 2. The van der Waals surface area contributed by atoms with Gasteiger partial charge in [0.25, 0.3) is 5.56 Å². The van der Waals surface area contributed by atoms with E-state index in [9.17, 15) is 14.4 Å². The highest BCUT2D eigenvalue weighted by molar-refractivity contribution is 5.84. The Labute approximate surface area is 153 Å². The number of hydrogen-bond acceptors (Lipinski definition) is 4. The van der Waals surface area contributed by atoms with Gasteiger partial charge in [-0.1, -0.05) is 26.3 Å². The second kappa shape index (κ2) is 7.51. The average Bonchev–Trinajstić information content (AvgIpc) is 2.65. The lowest BCUT2D eigenvalue weighted by molar-refractivity contribution is -0.144. The number of ether oxygens (including phenoxy) is 1. The van der Waals surface area contributed by atoms with E-state index in [2.05, 4.69) is 5.32 Å². The third-order valence-corrected chi connectivity index (χ3v) is 5.71. The predicted molar refractivity (Wildman–Crippen MR) is 96.9 cm³/mol. The second-order valence-corrected chi connectivity index (χ2v) is 7.44. The normalized spacial score (nSPS) is 23.6. The first kappa shape index (κ1) is 18.5. The van der Waals surface area contributed by atoms with E-state index in [1.807, 2.05) is 24.5 Å². The zero-order valence-electron chi connectivity index (χ0n) is 15.6. The third-order valence-electron chi connectivity index (χ3n) is 5.71. The summed E-state index contributed by atoms with van der Waals surface area (Å²) in [5.74, 6) is -0.00797. The van der Waals surface area contributed by atoms with Gasteiger partial charge in [-0.2, -0.15) is 0 Å². The van der Waals surface area contributed by atoms with Crippen molar-refractivity contribution in [3.63, 3.8) is 0 Å². The van der Waals surface area contributed by atoms with Gasteiger partial charge in [-0.25, -0.2) is 9.59 Å². The van der Waals surface area contributed by atoms with Crippen molar-refractivity contribution in [1.82, 2.24) is 14.8 Å². The summed E-state index contributed by atoms with van der Waals surface area (Å²) in [6, 6.07) is 4.46. The van der Waals surface area contributed by atoms with Crippen molar-refractivity contribution in [2.24, 2.45) is 11.8 Å². The van der Waals surface area contributed by atoms with Gasteiger partial charge in [-0.3, -0.25) is 4.79 Å². The molecular weight excluding hydrogens is 334 g/mol. The standard InChI is InChI=1S/C19H27N3O4/c1-4-12(2)17(18(24)26-3)20-19(25)21-9-13-8-14(11-21)15-6-5-7-16(23)22(15)10-13/h5-7,12-14,17H,4,8-11H2,1-3H3,(H,20,25)/t12-,13+,14+,17-/m0/s1. The molecule has 1 N–H and O–H groups in total. The first-order valence-electron chi connectivity index (χ1n) is 9.27. The number of nitrogens with zero attached hydrogens (tertiary/aromatic N) is 2. The molecule has 3 rings (SSSR count). The summed E-state index contributed by atoms with van der Waals surface area (Å²) in [6.07, 6.45) is 1.75. The van der Waals surface area contributed by atoms with Crippen LogP contribution in [0.5, 0.6) is 0 Å². The van der Waals surface area contributed by atoms with E-state index in [4.69, 9.17) is 4.74 Å². The van der Waals surface area contributed by atoms with Gasteiger partial charge in [0.2, 0.25) is 0 Å². The fourth-order valence-electron chi connectivity index (χ4n) is 4.08. The summed E-state index contributed by atoms with van der Waals surface area (Å²) in [4.78, 5) is 38.7. The topological polar surface area (TPSA) is 80.6 Å². The monoisotopic (exact) mass is 361 g/mol. The summed E-state index contributed by atoms with van der Waals surface area (Å²) < 4.78 is 6.69. The first-order valence-corrected chi connectivity index (χ1v) is 9.27. The van der Waals surface area contributed by atoms with Gasteiger partial charge in [0.15, 0.2) is 0 Å². The summed E-state index contributed by atoms with van der Waals surface area (Å²) in [5, 5.41) is 2.86. The van der Waals surface area contributed by atoms with Crippen LogP contribution in [0.3, 0.4) is 0 Å². The Hall–Kier alpha value is -2.31. The smallest absolute Gasteiger partial charge is 0.328 e. The summed E-state index contributed by atoms with van der Waals surface area (Å²) >= 11 is 0. The van der Waals surface area contributed by atoms with Crippen LogP contribution in [0, 0.1) is 11.8 Å². The van der Waals surface area contributed by atoms with E-state index in [0.29, 0.717) is 19.6 Å². The number of piperidine rings is 1. The van der Waals surface area contributed by atoms with Crippen LogP contribution in [0.4, 0.5) is 4.79 Å². The van der Waals surface area contributed by atoms with Crippen LogP contribution in [0.2, 0.25) is 0 Å². The molecule has 0 aliphatic carbocycles. The summed E-state index contributed by atoms with van der Waals surface area (Å²) in [5.41, 5.74) is 1.02. The Morgan fingerprint density at radius 1 is 1.31 bits per heavy atom. The number of hydrogen-bond donors (Lipinski definition) is 1. The molecule has 2 aliphatic heterocycles. The molecule has 1 fully saturated rings. The molecule has 2 amide bonds. The SMILES string of the molecule is CC[C@H](C)[C@H](NC(=O)N1C[C@H]2C[C@H](C1)c1cccc(=O)n1C2)C(=O)OC. The van der Waals surface area contributed by atoms with Crippen LogP contribution in [0.1, 0.15) is 38.3 Å². The number of carbonyl (C=O) groups excluding carboxylic acids is 2. The van der Waals surface area contributed by atoms with Gasteiger partial charge in [0.05, 0.1) is 7.11 Å². The molecule has 1 aromatic heterocycles. The molecule has 142 valence electrons. The Kier molecular flexibility index (Phi) is 5.34. The van der Waals surface area contributed by atoms with Gasteiger partial charge < -0.3 is 19.5 Å². The molecule has 2 bridgehead atoms. The number of amides is 2. The zero-order chi connectivity index (χ0) is 18.8. The summed E-state index contributed by atoms with van der Waals surface area (Å²) in [7, 11) is 1.34. The lowest BCUT2D eigenvalue weighted by Gasteiger charge is -2.43. The second-order valence-electron chi connectivity index (χ2n) is 7.44. The van der Waals surface area contributed by atoms with Crippen LogP contribution in [0.15, 0.2) is 23.0 Å². The van der Waals surface area contributed by atoms with Crippen molar-refractivity contribution in [2.45, 2.75) is 45.2 Å². The Balaban J connectivity index is 1.74. The Morgan fingerprint density at radius 3 is 2.77 bits per heavy atom. The molecule has 4 atom stereocenters. The molecule has 0 aromatic carbocycles. The number of esters is 1. The molecule has 0 unspecified atom stereocenters. The van der Waals surface area contributed by atoms with Gasteiger partial charge in [-0.05, 0) is 24.3 Å². The Bertz CT molecular complexity index is 745. The zero-order valence-corrected chi connectivity index (χ0v) is 15.6. The molecule has 0 radical (unpaired) electrons. The number of methoxy groups -OCH3 is 1. The van der Waals surface area contributed by atoms with Gasteiger partial charge in [0, 0.05) is 37.3 Å². The minimum absolute atomic E-state index is 0.00464. The Morgan fingerprint density at radius 2 is 2.08 bits per heavy atom. The molecule has 0 saturated carbocycles. The maximum atomic E-state index is 12.8. The van der Waals surface area contributed by atoms with E-state index in [1.165, 1.54) is 7.11 Å². The number of fused-ring (bicyclic) bond motifs is 4. The largest absolute Gasteiger partial charge is 0.467 e. The number of rotatable bonds is 4. The number of likely N-dealkylation sites (tertiary alicyclic amines) is 1. The van der Waals surface area contributed by atoms with Crippen LogP contribution >= 0.6 is 0 Å². The maximum absolute atomic E-state index is 12.8. The molecule has 3 heterocycles. The van der Waals surface area contributed by atoms with Gasteiger partial charge in [-0.15, -0.1) is 0 Å². The van der Waals surface area contributed by atoms with Crippen molar-refractivity contribution in [2.75, 3.05) is 20.2 Å². The fraction of sp³-hybridized carbons (Fsp3) is 0.632. The highest BCUT2D eigenvalue weighted by Crippen LogP contribution is 2.34. The average molecular weight is 361 g/mol. The molecule has 26 heavy (non-hydrogen) atoms. The molecule has 7 nitrogen and oxygen atoms in total. The number of pyridine rings is 1. The maximum Gasteiger partial charge on any atom is 0.328 e. The fourth-order valence-corrected chi connectivity index (χ4v) is 4.08. The van der Waals surface area contributed by atoms with Crippen LogP contribution in [-0.2, 0) is 16.1 Å². The molecular formula is C19H27N3O4. The number of urea groups is 1. The van der Waals surface area contributed by atoms with Crippen LogP contribution < -0.4 is 10.9 Å². The van der Waals surface area contributed by atoms with E-state index in [-0.39, 0.29) is 29.3 Å². The highest BCUT2D eigenvalue weighted by atomic mass is 16.5. The molecule has 7 heteroatoms. The van der Waals surface area contributed by atoms with Crippen molar-refractivity contribution in [1.29, 1.82) is 0 Å². The lowest BCUT2D eigenvalue weighted by atomic mass is 9.83. The minimum atomic E-state index is -0.644. The van der Waals surface area contributed by atoms with E-state index < -0.39 is 12.0 Å². The van der Waals surface area contributed by atoms with Crippen molar-refractivity contribution >= 4 is 12.0 Å². The van der Waals surface area contributed by atoms with E-state index in [1.54, 1.807) is 17.0 Å². The van der Waals surface area contributed by atoms with Crippen molar-refractivity contribution in [3.8, 4) is 0 Å². The van der Waals surface area contributed by atoms with Crippen LogP contribution in [0.25, 0.3) is 0 Å². The van der Waals surface area contributed by atoms with Crippen molar-refractivity contribution < 1.29 is 14.3 Å². The highest BCUT2D eigenvalue weighted by Gasteiger charge is 2.37. The predicted octanol–water partition coefficient (Wildman–Crippen LogP) is 1.56. The van der Waals surface area contributed by atoms with Crippen LogP contribution in [-0.4, -0.2) is 47.7 Å². The summed E-state index contributed by atoms with van der Waals surface area (Å²) in [6.45, 7) is 5.70. The molecule has 1 saturated heterocycles. The molecule has 1 aromatic rings. The molecule has 2 aliphatic rings. The van der Waals surface area contributed by atoms with E-state index in [0.717, 1.165) is 18.5 Å². The minimum Gasteiger partial charge on any atom is -0.467 e. The quantitative estimate of drug-likeness (QED) is 0.826. The lowest BCUT2D eigenvalue weighted by Crippen LogP contribution is -2.55. The number of nitrogens with one attached hydrogen (secondary N) is 1. The van der Waals surface area contributed by atoms with Gasteiger partial charge >= 0.3 is 12.0 Å². The first-order chi connectivity index (χ1) is 12.4. The third kappa shape index (κ3) is 3.48. The van der Waals surface area contributed by atoms with E-state index >= 15 is 0 Å². The van der Waals surface area contributed by atoms with Crippen molar-refractivity contribution in [3.05, 3.63) is 34.2 Å². The molecule has 0 spiro atoms.